The molecule has 1 fully saturated rings. The molecule has 5 rings (SSSR count). The maximum absolute atomic E-state index is 13.4. The second-order valence-electron chi connectivity index (χ2n) is 10.9. The van der Waals surface area contributed by atoms with Crippen LogP contribution in [0.3, 0.4) is 0 Å². The standard InChI is InChI=1S/C27H36N6O3.ClH/c1-5-13-32-24-21(23-28-20(17-33(23)25(32)34)16-18-9-7-6-8-10-18)29-22(30-24)19-11-14-31(15-12-19)26(35)36-27(2,3)4;/h6-10,19-20,28H,5,11-17H2,1-4H3;1H/t20-;/m1./s1. The van der Waals surface area contributed by atoms with Crippen molar-refractivity contribution >= 4 is 24.3 Å². The van der Waals surface area contributed by atoms with Crippen LogP contribution in [-0.2, 0) is 24.2 Å². The number of carbonyl (C=O) groups is 1. The smallest absolute Gasteiger partial charge is 0.410 e. The number of halogens is 1. The number of hydrogen-bond donors (Lipinski definition) is 1. The minimum absolute atomic E-state index is 0. The molecule has 1 N–H and O–H groups in total. The molecule has 0 radical (unpaired) electrons. The van der Waals surface area contributed by atoms with Crippen molar-refractivity contribution < 1.29 is 9.53 Å². The third kappa shape index (κ3) is 5.61. The number of piperidine rings is 1. The second kappa shape index (κ2) is 10.7. The number of anilines is 1. The number of nitrogens with zero attached hydrogens (tertiary/aromatic N) is 5. The normalized spacial score (nSPS) is 17.8. The van der Waals surface area contributed by atoms with Crippen LogP contribution in [0.25, 0.3) is 11.5 Å². The number of amides is 1. The molecule has 1 amide bonds. The van der Waals surface area contributed by atoms with E-state index in [4.69, 9.17) is 14.7 Å². The number of fused-ring (bicyclic) bond motifs is 3. The number of nitrogens with one attached hydrogen (secondary N) is 1. The Hall–Kier alpha value is -3.07. The number of hydrogen-bond acceptors (Lipinski definition) is 6. The van der Waals surface area contributed by atoms with Crippen molar-refractivity contribution in [2.24, 2.45) is 0 Å². The highest BCUT2D eigenvalue weighted by atomic mass is 35.5. The maximum Gasteiger partial charge on any atom is 0.410 e. The Morgan fingerprint density at radius 1 is 1.14 bits per heavy atom. The van der Waals surface area contributed by atoms with Crippen LogP contribution in [0, 0.1) is 0 Å². The third-order valence-electron chi connectivity index (χ3n) is 6.90. The molecule has 37 heavy (non-hydrogen) atoms. The first kappa shape index (κ1) is 27.0. The molecule has 4 aliphatic rings. The van der Waals surface area contributed by atoms with Crippen molar-refractivity contribution in [2.45, 2.75) is 84.0 Å². The lowest BCUT2D eigenvalue weighted by atomic mass is 9.96. The average molecular weight is 529 g/mol. The summed E-state index contributed by atoms with van der Waals surface area (Å²) in [5, 5.41) is 3.57. The molecule has 1 aromatic carbocycles. The van der Waals surface area contributed by atoms with Crippen molar-refractivity contribution in [1.29, 1.82) is 0 Å². The van der Waals surface area contributed by atoms with E-state index in [2.05, 4.69) is 24.4 Å². The molecule has 0 bridgehead atoms. The third-order valence-corrected chi connectivity index (χ3v) is 6.90. The fourth-order valence-electron chi connectivity index (χ4n) is 5.20. The van der Waals surface area contributed by atoms with Crippen LogP contribution in [0.1, 0.15) is 64.3 Å². The Labute approximate surface area is 224 Å². The first-order valence-electron chi connectivity index (χ1n) is 13.0. The topological polar surface area (TPSA) is 94.3 Å². The summed E-state index contributed by atoms with van der Waals surface area (Å²) in [6.45, 7) is 10.1. The van der Waals surface area contributed by atoms with Gasteiger partial charge in [-0.15, -0.1) is 12.4 Å². The van der Waals surface area contributed by atoms with E-state index in [0.29, 0.717) is 32.0 Å². The minimum Gasteiger partial charge on any atom is -0.444 e. The summed E-state index contributed by atoms with van der Waals surface area (Å²) in [5.41, 5.74) is 1.46. The van der Waals surface area contributed by atoms with Gasteiger partial charge in [0.15, 0.2) is 5.82 Å². The van der Waals surface area contributed by atoms with Gasteiger partial charge in [-0.05, 0) is 52.0 Å². The van der Waals surface area contributed by atoms with Gasteiger partial charge in [0.05, 0.1) is 0 Å². The summed E-state index contributed by atoms with van der Waals surface area (Å²) in [5.74, 6) is 2.34. The Kier molecular flexibility index (Phi) is 7.83. The molecule has 0 spiro atoms. The van der Waals surface area contributed by atoms with Crippen LogP contribution in [0.15, 0.2) is 35.1 Å². The highest BCUT2D eigenvalue weighted by Crippen LogP contribution is 2.35. The van der Waals surface area contributed by atoms with E-state index in [1.54, 1.807) is 9.47 Å². The van der Waals surface area contributed by atoms with Gasteiger partial charge < -0.3 is 15.0 Å². The fraction of sp³-hybridized carbons (Fsp3) is 0.556. The number of aromatic nitrogens is 4. The Morgan fingerprint density at radius 2 is 1.84 bits per heavy atom. The van der Waals surface area contributed by atoms with Crippen LogP contribution >= 0.6 is 12.4 Å². The number of benzene rings is 1. The van der Waals surface area contributed by atoms with Gasteiger partial charge in [-0.25, -0.2) is 19.6 Å². The van der Waals surface area contributed by atoms with Gasteiger partial charge in [0, 0.05) is 38.1 Å². The zero-order valence-electron chi connectivity index (χ0n) is 22.1. The van der Waals surface area contributed by atoms with Gasteiger partial charge in [0.2, 0.25) is 0 Å². The van der Waals surface area contributed by atoms with Crippen LogP contribution in [-0.4, -0.2) is 54.8 Å². The first-order valence-corrected chi connectivity index (χ1v) is 13.0. The molecule has 1 atom stereocenters. The summed E-state index contributed by atoms with van der Waals surface area (Å²) >= 11 is 0. The largest absolute Gasteiger partial charge is 0.444 e. The van der Waals surface area contributed by atoms with E-state index in [0.717, 1.165) is 43.0 Å². The van der Waals surface area contributed by atoms with E-state index >= 15 is 0 Å². The van der Waals surface area contributed by atoms with Crippen molar-refractivity contribution in [3.05, 3.63) is 52.2 Å². The highest BCUT2D eigenvalue weighted by Gasteiger charge is 2.34. The molecular weight excluding hydrogens is 492 g/mol. The molecule has 4 heterocycles. The molecule has 0 aromatic heterocycles. The summed E-state index contributed by atoms with van der Waals surface area (Å²) in [6, 6.07) is 10.5. The second-order valence-corrected chi connectivity index (χ2v) is 10.9. The quantitative estimate of drug-likeness (QED) is 0.523. The number of ether oxygens (including phenoxy) is 1. The fourth-order valence-corrected chi connectivity index (χ4v) is 5.20. The molecule has 10 heteroatoms. The minimum atomic E-state index is -0.507. The molecule has 200 valence electrons. The predicted molar refractivity (Wildman–Crippen MR) is 146 cm³/mol. The molecule has 1 saturated heterocycles. The zero-order chi connectivity index (χ0) is 25.4. The predicted octanol–water partition coefficient (Wildman–Crippen LogP) is 4.53. The molecule has 0 unspecified atom stereocenters. The Morgan fingerprint density at radius 3 is 2.49 bits per heavy atom. The monoisotopic (exact) mass is 528 g/mol. The van der Waals surface area contributed by atoms with E-state index in [9.17, 15) is 9.59 Å². The molecular formula is C27H37ClN6O3. The molecule has 9 nitrogen and oxygen atoms in total. The van der Waals surface area contributed by atoms with E-state index in [1.165, 1.54) is 5.56 Å². The lowest BCUT2D eigenvalue weighted by Crippen LogP contribution is -2.41. The lowest BCUT2D eigenvalue weighted by Gasteiger charge is -2.32. The van der Waals surface area contributed by atoms with Crippen LogP contribution < -0.4 is 11.0 Å². The molecule has 1 aromatic rings. The van der Waals surface area contributed by atoms with Crippen molar-refractivity contribution in [3.63, 3.8) is 0 Å². The zero-order valence-corrected chi connectivity index (χ0v) is 22.9. The van der Waals surface area contributed by atoms with Gasteiger partial charge in [-0.2, -0.15) is 0 Å². The van der Waals surface area contributed by atoms with Crippen molar-refractivity contribution in [1.82, 2.24) is 24.0 Å². The summed E-state index contributed by atoms with van der Waals surface area (Å²) < 4.78 is 9.14. The van der Waals surface area contributed by atoms with Gasteiger partial charge in [0.1, 0.15) is 22.9 Å². The lowest BCUT2D eigenvalue weighted by molar-refractivity contribution is 0.0203. The van der Waals surface area contributed by atoms with Gasteiger partial charge in [0.25, 0.3) is 0 Å². The van der Waals surface area contributed by atoms with Crippen LogP contribution in [0.2, 0.25) is 0 Å². The Balaban J connectivity index is 0.00000320. The van der Waals surface area contributed by atoms with E-state index < -0.39 is 5.60 Å². The number of carbonyl (C=O) groups excluding carboxylic acids is 1. The Bertz CT molecular complexity index is 1260. The molecule has 0 saturated carbocycles. The SMILES string of the molecule is CCCn1c2nc(C3CCN(C(=O)OC(C)(C)C)CC3)nc-2c2n(c1=O)C[C@@H](Cc1ccccc1)N2.Cl. The van der Waals surface area contributed by atoms with Gasteiger partial charge >= 0.3 is 11.8 Å². The van der Waals surface area contributed by atoms with E-state index in [1.807, 2.05) is 43.5 Å². The highest BCUT2D eigenvalue weighted by molar-refractivity contribution is 5.85. The van der Waals surface area contributed by atoms with Crippen LogP contribution in [0.4, 0.5) is 10.6 Å². The molecule has 0 aliphatic carbocycles. The molecule has 4 aliphatic heterocycles. The number of likely N-dealkylation sites (tertiary alicyclic amines) is 1. The van der Waals surface area contributed by atoms with Gasteiger partial charge in [-0.3, -0.25) is 9.13 Å². The van der Waals surface area contributed by atoms with Crippen molar-refractivity contribution in [2.75, 3.05) is 18.4 Å². The number of rotatable bonds is 5. The first-order chi connectivity index (χ1) is 17.2. The average Bonchev–Trinajstić information content (AvgIpc) is 3.46. The van der Waals surface area contributed by atoms with E-state index in [-0.39, 0.29) is 36.1 Å². The summed E-state index contributed by atoms with van der Waals surface area (Å²) in [7, 11) is 0. The summed E-state index contributed by atoms with van der Waals surface area (Å²) in [4.78, 5) is 37.5. The summed E-state index contributed by atoms with van der Waals surface area (Å²) in [6.07, 6.45) is 2.95. The van der Waals surface area contributed by atoms with Crippen molar-refractivity contribution in [3.8, 4) is 11.5 Å². The maximum atomic E-state index is 13.4. The van der Waals surface area contributed by atoms with Crippen LogP contribution in [0.5, 0.6) is 0 Å². The van der Waals surface area contributed by atoms with Gasteiger partial charge in [-0.1, -0.05) is 37.3 Å². The number of imidazole rings is 1.